The minimum absolute atomic E-state index is 0.195. The molecule has 0 radical (unpaired) electrons. The first-order valence-corrected chi connectivity index (χ1v) is 5.29. The van der Waals surface area contributed by atoms with Gasteiger partial charge in [-0.3, -0.25) is 9.78 Å². The van der Waals surface area contributed by atoms with Crippen molar-refractivity contribution in [3.63, 3.8) is 0 Å². The lowest BCUT2D eigenvalue weighted by Crippen LogP contribution is -2.12. The highest BCUT2D eigenvalue weighted by atomic mass is 79.9. The second-order valence-corrected chi connectivity index (χ2v) is 4.14. The van der Waals surface area contributed by atoms with Gasteiger partial charge in [-0.15, -0.1) is 0 Å². The number of H-pyrrole nitrogens is 1. The summed E-state index contributed by atoms with van der Waals surface area (Å²) >= 11 is 3.25. The van der Waals surface area contributed by atoms with Gasteiger partial charge in [0.1, 0.15) is 5.69 Å². The van der Waals surface area contributed by atoms with Crippen molar-refractivity contribution in [2.75, 3.05) is 0 Å². The molecule has 2 rings (SSSR count). The zero-order chi connectivity index (χ0) is 11.7. The van der Waals surface area contributed by atoms with Crippen molar-refractivity contribution in [1.82, 2.24) is 15.0 Å². The topological polar surface area (TPSA) is 78.9 Å². The van der Waals surface area contributed by atoms with Crippen molar-refractivity contribution in [1.29, 1.82) is 0 Å². The van der Waals surface area contributed by atoms with Crippen LogP contribution in [0.3, 0.4) is 0 Å². The van der Waals surface area contributed by atoms with Crippen LogP contribution < -0.4 is 5.56 Å². The van der Waals surface area contributed by atoms with Crippen LogP contribution >= 0.6 is 15.9 Å². The van der Waals surface area contributed by atoms with Crippen molar-refractivity contribution < 1.29 is 5.11 Å². The molecule has 0 amide bonds. The highest BCUT2D eigenvalue weighted by molar-refractivity contribution is 9.10. The van der Waals surface area contributed by atoms with Gasteiger partial charge in [-0.2, -0.15) is 4.98 Å². The van der Waals surface area contributed by atoms with Gasteiger partial charge < -0.3 is 10.1 Å². The van der Waals surface area contributed by atoms with Gasteiger partial charge in [0.25, 0.3) is 5.56 Å². The number of halogens is 1. The molecule has 2 heterocycles. The molecule has 0 spiro atoms. The molecule has 5 nitrogen and oxygen atoms in total. The van der Waals surface area contributed by atoms with Crippen LogP contribution in [0.5, 0.6) is 5.88 Å². The number of nitrogens with zero attached hydrogens (tertiary/aromatic N) is 2. The van der Waals surface area contributed by atoms with E-state index in [-0.39, 0.29) is 22.8 Å². The average molecular weight is 282 g/mol. The standard InChI is InChI=1S/C10H8BrN3O2/c1-5-9(15)13-8(14-10(5)16)7-3-2-6(11)4-12-7/h2-4H,1H3,(H2,13,14,15,16). The lowest BCUT2D eigenvalue weighted by atomic mass is 10.3. The molecule has 0 aliphatic carbocycles. The summed E-state index contributed by atoms with van der Waals surface area (Å²) in [6.45, 7) is 1.50. The third-order valence-electron chi connectivity index (χ3n) is 2.10. The van der Waals surface area contributed by atoms with E-state index in [9.17, 15) is 9.90 Å². The van der Waals surface area contributed by atoms with Gasteiger partial charge >= 0.3 is 0 Å². The van der Waals surface area contributed by atoms with E-state index in [0.29, 0.717) is 5.69 Å². The molecule has 2 aromatic heterocycles. The van der Waals surface area contributed by atoms with Crippen LogP contribution in [-0.2, 0) is 0 Å². The number of hydrogen-bond donors (Lipinski definition) is 2. The normalized spacial score (nSPS) is 10.4. The monoisotopic (exact) mass is 281 g/mol. The number of aromatic nitrogens is 3. The quantitative estimate of drug-likeness (QED) is 0.832. The fourth-order valence-electron chi connectivity index (χ4n) is 1.16. The van der Waals surface area contributed by atoms with Crippen molar-refractivity contribution in [3.8, 4) is 17.4 Å². The lowest BCUT2D eigenvalue weighted by Gasteiger charge is -2.02. The Bertz CT molecular complexity index is 578. The first kappa shape index (κ1) is 10.8. The number of aromatic hydroxyl groups is 1. The molecule has 0 fully saturated rings. The van der Waals surface area contributed by atoms with E-state index in [1.165, 1.54) is 6.92 Å². The Hall–Kier alpha value is -1.69. The first-order valence-electron chi connectivity index (χ1n) is 4.50. The maximum atomic E-state index is 11.4. The second kappa shape index (κ2) is 4.05. The molecule has 16 heavy (non-hydrogen) atoms. The molecule has 0 bridgehead atoms. The minimum Gasteiger partial charge on any atom is -0.493 e. The summed E-state index contributed by atoms with van der Waals surface area (Å²) in [5.74, 6) is -0.0240. The number of pyridine rings is 1. The molecule has 6 heteroatoms. The number of aromatic amines is 1. The molecule has 2 aromatic rings. The van der Waals surface area contributed by atoms with Crippen molar-refractivity contribution >= 4 is 15.9 Å². The van der Waals surface area contributed by atoms with Crippen molar-refractivity contribution in [2.45, 2.75) is 6.92 Å². The molecule has 0 saturated heterocycles. The van der Waals surface area contributed by atoms with Gasteiger partial charge in [-0.05, 0) is 35.0 Å². The largest absolute Gasteiger partial charge is 0.493 e. The number of hydrogen-bond acceptors (Lipinski definition) is 4. The fraction of sp³-hybridized carbons (Fsp3) is 0.100. The van der Waals surface area contributed by atoms with Gasteiger partial charge in [0.05, 0.1) is 5.56 Å². The SMILES string of the molecule is Cc1c(O)nc(-c2ccc(Br)cn2)[nH]c1=O. The summed E-state index contributed by atoms with van der Waals surface area (Å²) < 4.78 is 0.829. The Balaban J connectivity index is 2.57. The Morgan fingerprint density at radius 2 is 2.19 bits per heavy atom. The van der Waals surface area contributed by atoms with E-state index in [1.54, 1.807) is 18.3 Å². The predicted octanol–water partition coefficient (Wildman–Crippen LogP) is 1.61. The van der Waals surface area contributed by atoms with Gasteiger partial charge in [0.2, 0.25) is 5.88 Å². The van der Waals surface area contributed by atoms with Gasteiger partial charge in [-0.1, -0.05) is 0 Å². The number of nitrogens with one attached hydrogen (secondary N) is 1. The van der Waals surface area contributed by atoms with E-state index in [1.807, 2.05) is 0 Å². The van der Waals surface area contributed by atoms with Crippen LogP contribution in [0.25, 0.3) is 11.5 Å². The van der Waals surface area contributed by atoms with Gasteiger partial charge in [0, 0.05) is 10.7 Å². The van der Waals surface area contributed by atoms with Crippen LogP contribution in [0.4, 0.5) is 0 Å². The smallest absolute Gasteiger partial charge is 0.257 e. The predicted molar refractivity (Wildman–Crippen MR) is 62.2 cm³/mol. The molecule has 0 saturated carbocycles. The van der Waals surface area contributed by atoms with Gasteiger partial charge in [-0.25, -0.2) is 0 Å². The minimum atomic E-state index is -0.368. The Labute approximate surface area is 99.3 Å². The average Bonchev–Trinajstić information content (AvgIpc) is 2.26. The molecule has 0 unspecified atom stereocenters. The molecule has 0 atom stereocenters. The van der Waals surface area contributed by atoms with Crippen LogP contribution in [0, 0.1) is 6.92 Å². The molecule has 2 N–H and O–H groups in total. The van der Waals surface area contributed by atoms with Crippen molar-refractivity contribution in [2.24, 2.45) is 0 Å². The summed E-state index contributed by atoms with van der Waals surface area (Å²) in [5, 5.41) is 9.43. The van der Waals surface area contributed by atoms with E-state index < -0.39 is 0 Å². The highest BCUT2D eigenvalue weighted by Crippen LogP contribution is 2.16. The third kappa shape index (κ3) is 1.96. The van der Waals surface area contributed by atoms with E-state index in [0.717, 1.165) is 4.47 Å². The maximum absolute atomic E-state index is 11.4. The van der Waals surface area contributed by atoms with E-state index in [2.05, 4.69) is 30.9 Å². The number of rotatable bonds is 1. The van der Waals surface area contributed by atoms with E-state index in [4.69, 9.17) is 0 Å². The molecule has 82 valence electrons. The lowest BCUT2D eigenvalue weighted by molar-refractivity contribution is 0.447. The maximum Gasteiger partial charge on any atom is 0.257 e. The Morgan fingerprint density at radius 1 is 1.44 bits per heavy atom. The molecule has 0 aromatic carbocycles. The van der Waals surface area contributed by atoms with Crippen LogP contribution in [0.2, 0.25) is 0 Å². The molecular formula is C10H8BrN3O2. The summed E-state index contributed by atoms with van der Waals surface area (Å²) in [7, 11) is 0. The zero-order valence-electron chi connectivity index (χ0n) is 8.36. The van der Waals surface area contributed by atoms with Gasteiger partial charge in [0.15, 0.2) is 5.82 Å². The Morgan fingerprint density at radius 3 is 2.75 bits per heavy atom. The zero-order valence-corrected chi connectivity index (χ0v) is 9.95. The molecule has 0 aliphatic heterocycles. The summed E-state index contributed by atoms with van der Waals surface area (Å²) in [5.41, 5.74) is 0.323. The van der Waals surface area contributed by atoms with Crippen LogP contribution in [0.15, 0.2) is 27.6 Å². The first-order chi connectivity index (χ1) is 7.58. The fourth-order valence-corrected chi connectivity index (χ4v) is 1.39. The Kier molecular flexibility index (Phi) is 2.74. The summed E-state index contributed by atoms with van der Waals surface area (Å²) in [4.78, 5) is 21.9. The van der Waals surface area contributed by atoms with Crippen molar-refractivity contribution in [3.05, 3.63) is 38.7 Å². The molecular weight excluding hydrogens is 274 g/mol. The van der Waals surface area contributed by atoms with Crippen LogP contribution in [-0.4, -0.2) is 20.1 Å². The highest BCUT2D eigenvalue weighted by Gasteiger charge is 2.08. The molecule has 0 aliphatic rings. The van der Waals surface area contributed by atoms with Crippen LogP contribution in [0.1, 0.15) is 5.56 Å². The van der Waals surface area contributed by atoms with E-state index >= 15 is 0 Å². The second-order valence-electron chi connectivity index (χ2n) is 3.22. The third-order valence-corrected chi connectivity index (χ3v) is 2.56. The summed E-state index contributed by atoms with van der Waals surface area (Å²) in [6.07, 6.45) is 1.59. The summed E-state index contributed by atoms with van der Waals surface area (Å²) in [6, 6.07) is 3.47.